The minimum absolute atomic E-state index is 0.278. The van der Waals surface area contributed by atoms with Crippen molar-refractivity contribution in [2.75, 3.05) is 4.90 Å². The monoisotopic (exact) mass is 917 g/mol. The van der Waals surface area contributed by atoms with Gasteiger partial charge in [0.15, 0.2) is 0 Å². The van der Waals surface area contributed by atoms with Crippen molar-refractivity contribution in [3.05, 3.63) is 329 Å². The smallest absolute Gasteiger partial charge is 0.0714 e. The highest BCUT2D eigenvalue weighted by Crippen LogP contribution is 2.60. The zero-order valence-corrected chi connectivity index (χ0v) is 40.4. The Balaban J connectivity index is 0.984. The van der Waals surface area contributed by atoms with E-state index in [0.29, 0.717) is 0 Å². The molecule has 14 rings (SSSR count). The number of hydrogen-bond donors (Lipinski definition) is 0. The number of fused-ring (bicyclic) bond motifs is 9. The lowest BCUT2D eigenvalue weighted by Crippen LogP contribution is -2.28. The highest BCUT2D eigenvalue weighted by atomic mass is 15.1. The maximum atomic E-state index is 2.53. The van der Waals surface area contributed by atoms with Gasteiger partial charge < -0.3 is 4.90 Å². The molecule has 1 nitrogen and oxygen atoms in total. The Bertz CT molecular complexity index is 3840. The van der Waals surface area contributed by atoms with Crippen LogP contribution in [-0.2, 0) is 16.2 Å². The molecule has 0 bridgehead atoms. The molecule has 0 saturated carbocycles. The lowest BCUT2D eigenvalue weighted by atomic mass is 9.67. The van der Waals surface area contributed by atoms with Crippen LogP contribution in [0.5, 0.6) is 0 Å². The second kappa shape index (κ2) is 16.1. The first kappa shape index (κ1) is 42.1. The Morgan fingerprint density at radius 1 is 0.264 bits per heavy atom. The van der Waals surface area contributed by atoms with Gasteiger partial charge in [0.2, 0.25) is 0 Å². The average Bonchev–Trinajstić information content (AvgIpc) is 4.01. The SMILES string of the molecule is CC1(c2ccccc2)c2ccccc2-c2ccc(-c3ccc(N(c4ccc5c(c4)C(c4ccccc4)(c4ccccc4)c4ccccc4-5)c4cccc5c4-c4ccccc4C5(C)c4ccccc4)cc3)cc21. The molecule has 0 aliphatic heterocycles. The van der Waals surface area contributed by atoms with E-state index in [2.05, 4.69) is 292 Å². The third kappa shape index (κ3) is 5.89. The van der Waals surface area contributed by atoms with E-state index in [-0.39, 0.29) is 10.8 Å². The Kier molecular flexibility index (Phi) is 9.44. The first-order valence-electron chi connectivity index (χ1n) is 25.3. The second-order valence-electron chi connectivity index (χ2n) is 20.2. The van der Waals surface area contributed by atoms with Gasteiger partial charge in [-0.1, -0.05) is 237 Å². The van der Waals surface area contributed by atoms with Crippen LogP contribution in [0.25, 0.3) is 44.5 Å². The summed E-state index contributed by atoms with van der Waals surface area (Å²) in [6, 6.07) is 102. The van der Waals surface area contributed by atoms with Crippen molar-refractivity contribution < 1.29 is 0 Å². The third-order valence-electron chi connectivity index (χ3n) is 16.7. The van der Waals surface area contributed by atoms with Crippen LogP contribution >= 0.6 is 0 Å². The van der Waals surface area contributed by atoms with Crippen molar-refractivity contribution in [2.24, 2.45) is 0 Å². The molecular formula is C71H51N. The van der Waals surface area contributed by atoms with E-state index in [0.717, 1.165) is 17.1 Å². The number of rotatable bonds is 8. The van der Waals surface area contributed by atoms with E-state index in [1.165, 1.54) is 100 Å². The van der Waals surface area contributed by atoms with E-state index >= 15 is 0 Å². The molecule has 3 aliphatic rings. The zero-order valence-electron chi connectivity index (χ0n) is 40.4. The summed E-state index contributed by atoms with van der Waals surface area (Å²) in [7, 11) is 0. The van der Waals surface area contributed by atoms with Crippen LogP contribution in [-0.4, -0.2) is 0 Å². The summed E-state index contributed by atoms with van der Waals surface area (Å²) in [6.07, 6.45) is 0. The second-order valence-corrected chi connectivity index (χ2v) is 20.2. The molecular weight excluding hydrogens is 867 g/mol. The summed E-state index contributed by atoms with van der Waals surface area (Å²) in [5.74, 6) is 0. The lowest BCUT2D eigenvalue weighted by molar-refractivity contribution is 0.714. The van der Waals surface area contributed by atoms with Crippen molar-refractivity contribution in [3.8, 4) is 44.5 Å². The molecule has 1 heteroatoms. The first-order valence-corrected chi connectivity index (χ1v) is 25.3. The molecule has 340 valence electrons. The van der Waals surface area contributed by atoms with Crippen molar-refractivity contribution >= 4 is 17.1 Å². The predicted octanol–water partition coefficient (Wildman–Crippen LogP) is 17.9. The topological polar surface area (TPSA) is 3.24 Å². The summed E-state index contributed by atoms with van der Waals surface area (Å²) in [5.41, 5.74) is 25.3. The number of benzene rings is 11. The number of anilines is 3. The fourth-order valence-electron chi connectivity index (χ4n) is 13.3. The quantitative estimate of drug-likeness (QED) is 0.147. The summed E-state index contributed by atoms with van der Waals surface area (Å²) >= 11 is 0. The van der Waals surface area contributed by atoms with Gasteiger partial charge in [-0.2, -0.15) is 0 Å². The van der Waals surface area contributed by atoms with Gasteiger partial charge in [-0.05, 0) is 145 Å². The third-order valence-corrected chi connectivity index (χ3v) is 16.7. The molecule has 0 spiro atoms. The zero-order chi connectivity index (χ0) is 48.0. The van der Waals surface area contributed by atoms with Crippen LogP contribution in [0.3, 0.4) is 0 Å². The molecule has 72 heavy (non-hydrogen) atoms. The molecule has 0 amide bonds. The minimum Gasteiger partial charge on any atom is -0.310 e. The summed E-state index contributed by atoms with van der Waals surface area (Å²) in [6.45, 7) is 4.81. The van der Waals surface area contributed by atoms with Crippen LogP contribution in [0.4, 0.5) is 17.1 Å². The molecule has 0 radical (unpaired) electrons. The lowest BCUT2D eigenvalue weighted by Gasteiger charge is -2.35. The Morgan fingerprint density at radius 3 is 1.29 bits per heavy atom. The van der Waals surface area contributed by atoms with Gasteiger partial charge in [0.1, 0.15) is 0 Å². The van der Waals surface area contributed by atoms with Crippen LogP contribution in [0.15, 0.2) is 273 Å². The van der Waals surface area contributed by atoms with Gasteiger partial charge in [-0.25, -0.2) is 0 Å². The Labute approximate surface area is 423 Å². The van der Waals surface area contributed by atoms with Crippen LogP contribution in [0.2, 0.25) is 0 Å². The molecule has 2 atom stereocenters. The molecule has 0 aromatic heterocycles. The summed E-state index contributed by atoms with van der Waals surface area (Å²) in [5, 5.41) is 0. The van der Waals surface area contributed by atoms with Crippen molar-refractivity contribution in [3.63, 3.8) is 0 Å². The van der Waals surface area contributed by atoms with Crippen molar-refractivity contribution in [1.82, 2.24) is 0 Å². The van der Waals surface area contributed by atoms with E-state index in [9.17, 15) is 0 Å². The maximum Gasteiger partial charge on any atom is 0.0714 e. The summed E-state index contributed by atoms with van der Waals surface area (Å²) < 4.78 is 0. The van der Waals surface area contributed by atoms with E-state index in [1.54, 1.807) is 0 Å². The first-order chi connectivity index (χ1) is 35.5. The van der Waals surface area contributed by atoms with E-state index in [4.69, 9.17) is 0 Å². The Morgan fingerprint density at radius 2 is 0.681 bits per heavy atom. The molecule has 0 N–H and O–H groups in total. The van der Waals surface area contributed by atoms with Gasteiger partial charge in [0.25, 0.3) is 0 Å². The fourth-order valence-corrected chi connectivity index (χ4v) is 13.3. The van der Waals surface area contributed by atoms with Gasteiger partial charge in [0.05, 0.1) is 11.1 Å². The van der Waals surface area contributed by atoms with E-state index in [1.807, 2.05) is 0 Å². The predicted molar refractivity (Wildman–Crippen MR) is 299 cm³/mol. The van der Waals surface area contributed by atoms with Gasteiger partial charge in [-0.15, -0.1) is 0 Å². The summed E-state index contributed by atoms with van der Waals surface area (Å²) in [4.78, 5) is 2.53. The molecule has 11 aromatic rings. The van der Waals surface area contributed by atoms with Crippen LogP contribution in [0, 0.1) is 0 Å². The number of nitrogens with zero attached hydrogens (tertiary/aromatic N) is 1. The van der Waals surface area contributed by atoms with Gasteiger partial charge in [-0.3, -0.25) is 0 Å². The average molecular weight is 918 g/mol. The van der Waals surface area contributed by atoms with Crippen LogP contribution in [0.1, 0.15) is 69.5 Å². The van der Waals surface area contributed by atoms with Crippen molar-refractivity contribution in [1.29, 1.82) is 0 Å². The molecule has 11 aromatic carbocycles. The van der Waals surface area contributed by atoms with Gasteiger partial charge in [0, 0.05) is 27.8 Å². The highest BCUT2D eigenvalue weighted by Gasteiger charge is 2.47. The minimum atomic E-state index is -0.543. The maximum absolute atomic E-state index is 2.53. The molecule has 2 unspecified atom stereocenters. The highest BCUT2D eigenvalue weighted by molar-refractivity contribution is 5.98. The molecule has 3 aliphatic carbocycles. The fraction of sp³-hybridized carbons (Fsp3) is 0.0704. The molecule has 0 saturated heterocycles. The van der Waals surface area contributed by atoms with Crippen LogP contribution < -0.4 is 4.90 Å². The number of hydrogen-bond acceptors (Lipinski definition) is 1. The Hall–Kier alpha value is -8.78. The largest absolute Gasteiger partial charge is 0.310 e. The molecule has 0 fully saturated rings. The van der Waals surface area contributed by atoms with Gasteiger partial charge >= 0.3 is 0 Å². The van der Waals surface area contributed by atoms with Crippen molar-refractivity contribution in [2.45, 2.75) is 30.1 Å². The standard InChI is InChI=1S/C71H51N/c1-69(50-22-7-3-8-23-50)62-34-19-17-32-60(62)68-64(69)36-21-37-67(68)72(55-43-45-59-57-31-16-20-35-63(57)71(66(59)47-55,52-26-11-5-12-27-52)53-28-13-6-14-29-53)54-41-38-48(39-42-54)49-40-44-58-56-30-15-18-33-61(56)70(2,65(58)46-49)51-24-9-4-10-25-51/h3-47H,1-2H3. The molecule has 0 heterocycles. The van der Waals surface area contributed by atoms with E-state index < -0.39 is 5.41 Å². The normalized spacial score (nSPS) is 17.2.